The average molecular weight is 533 g/mol. The summed E-state index contributed by atoms with van der Waals surface area (Å²) in [5.74, 6) is -3.66. The molecule has 0 aromatic rings. The molecule has 2 amide bonds. The zero-order chi connectivity index (χ0) is 27.8. The zero-order valence-electron chi connectivity index (χ0n) is 23.1. The third-order valence-electron chi connectivity index (χ3n) is 7.08. The Morgan fingerprint density at radius 3 is 1.89 bits per heavy atom. The lowest BCUT2D eigenvalue weighted by molar-refractivity contribution is -0.290. The van der Waals surface area contributed by atoms with E-state index in [4.69, 9.17) is 4.74 Å². The zero-order valence-corrected chi connectivity index (χ0v) is 23.1. The van der Waals surface area contributed by atoms with Gasteiger partial charge in [-0.3, -0.25) is 9.59 Å². The van der Waals surface area contributed by atoms with Crippen LogP contribution in [0.4, 0.5) is 0 Å². The number of unbranched alkanes of at least 4 members (excludes halogenated alkanes) is 12. The number of aliphatic hydroxyl groups is 5. The Hall–Kier alpha value is -1.30. The van der Waals surface area contributed by atoms with Crippen LogP contribution in [0, 0.1) is 0 Å². The molecule has 6 N–H and O–H groups in total. The van der Waals surface area contributed by atoms with Crippen molar-refractivity contribution in [3.63, 3.8) is 0 Å². The third kappa shape index (κ3) is 12.0. The predicted molar refractivity (Wildman–Crippen MR) is 140 cm³/mol. The SMILES string of the molecule is CCCCCCCCCCCCCCCC(=O)N[C@H]1[C@H]([C@H](O)[C@H](O)CO)OC(O)(C(=O)N(C)C)C[C@@H]1O. The van der Waals surface area contributed by atoms with Crippen molar-refractivity contribution in [2.45, 2.75) is 139 Å². The van der Waals surface area contributed by atoms with Crippen LogP contribution in [0.15, 0.2) is 0 Å². The fraction of sp³-hybridized carbons (Fsp3) is 0.926. The molecule has 1 saturated heterocycles. The number of nitrogens with zero attached hydrogens (tertiary/aromatic N) is 1. The first kappa shape index (κ1) is 33.7. The fourth-order valence-electron chi connectivity index (χ4n) is 4.81. The monoisotopic (exact) mass is 532 g/mol. The number of hydrogen-bond acceptors (Lipinski definition) is 8. The van der Waals surface area contributed by atoms with Gasteiger partial charge in [0.15, 0.2) is 0 Å². The van der Waals surface area contributed by atoms with Gasteiger partial charge in [-0.05, 0) is 6.42 Å². The van der Waals surface area contributed by atoms with E-state index in [1.165, 1.54) is 71.9 Å². The van der Waals surface area contributed by atoms with E-state index in [1.54, 1.807) is 0 Å². The summed E-state index contributed by atoms with van der Waals surface area (Å²) in [6.07, 6.45) is 8.77. The maximum Gasteiger partial charge on any atom is 0.282 e. The van der Waals surface area contributed by atoms with Gasteiger partial charge in [0.1, 0.15) is 18.3 Å². The van der Waals surface area contributed by atoms with Crippen LogP contribution in [-0.2, 0) is 14.3 Å². The van der Waals surface area contributed by atoms with Gasteiger partial charge in [0, 0.05) is 26.9 Å². The quantitative estimate of drug-likeness (QED) is 0.137. The summed E-state index contributed by atoms with van der Waals surface area (Å²) < 4.78 is 5.46. The molecule has 0 aromatic heterocycles. The molecule has 0 aromatic carbocycles. The molecule has 1 unspecified atom stereocenters. The van der Waals surface area contributed by atoms with Crippen molar-refractivity contribution in [1.29, 1.82) is 0 Å². The first-order chi connectivity index (χ1) is 17.6. The normalized spacial score (nSPS) is 25.5. The summed E-state index contributed by atoms with van der Waals surface area (Å²) in [4.78, 5) is 26.0. The molecular weight excluding hydrogens is 480 g/mol. The number of carbonyl (C=O) groups excluding carboxylic acids is 2. The first-order valence-corrected chi connectivity index (χ1v) is 14.1. The Kier molecular flexibility index (Phi) is 16.5. The molecule has 1 rings (SSSR count). The van der Waals surface area contributed by atoms with Crippen LogP contribution in [0.1, 0.15) is 103 Å². The molecule has 10 nitrogen and oxygen atoms in total. The topological polar surface area (TPSA) is 160 Å². The number of ether oxygens (including phenoxy) is 1. The molecule has 0 bridgehead atoms. The van der Waals surface area contributed by atoms with Gasteiger partial charge >= 0.3 is 0 Å². The van der Waals surface area contributed by atoms with Crippen LogP contribution in [0.2, 0.25) is 0 Å². The second kappa shape index (κ2) is 18.1. The molecule has 1 aliphatic rings. The summed E-state index contributed by atoms with van der Waals surface area (Å²) in [6.45, 7) is 1.42. The Labute approximate surface area is 222 Å². The molecule has 1 heterocycles. The number of rotatable bonds is 19. The lowest BCUT2D eigenvalue weighted by Crippen LogP contribution is -2.68. The highest BCUT2D eigenvalue weighted by molar-refractivity contribution is 5.83. The van der Waals surface area contributed by atoms with Crippen molar-refractivity contribution in [3.05, 3.63) is 0 Å². The maximum atomic E-state index is 12.6. The molecular formula is C27H52N2O8. The van der Waals surface area contributed by atoms with E-state index in [0.29, 0.717) is 6.42 Å². The fourth-order valence-corrected chi connectivity index (χ4v) is 4.81. The van der Waals surface area contributed by atoms with Gasteiger partial charge < -0.3 is 40.5 Å². The van der Waals surface area contributed by atoms with Crippen LogP contribution in [-0.4, -0.2) is 99.2 Å². The summed E-state index contributed by atoms with van der Waals surface area (Å²) in [5, 5.41) is 53.6. The van der Waals surface area contributed by atoms with Gasteiger partial charge in [0.2, 0.25) is 11.7 Å². The molecule has 0 radical (unpaired) electrons. The number of nitrogens with one attached hydrogen (secondary N) is 1. The Morgan fingerprint density at radius 1 is 0.946 bits per heavy atom. The van der Waals surface area contributed by atoms with Crippen molar-refractivity contribution >= 4 is 11.8 Å². The summed E-state index contributed by atoms with van der Waals surface area (Å²) in [7, 11) is 2.79. The van der Waals surface area contributed by atoms with Crippen LogP contribution in [0.3, 0.4) is 0 Å². The Bertz CT molecular complexity index is 650. The Morgan fingerprint density at radius 2 is 1.43 bits per heavy atom. The number of carbonyl (C=O) groups is 2. The highest BCUT2D eigenvalue weighted by atomic mass is 16.6. The van der Waals surface area contributed by atoms with Gasteiger partial charge in [-0.2, -0.15) is 0 Å². The number of aliphatic hydroxyl groups excluding tert-OH is 4. The molecule has 0 saturated carbocycles. The smallest absolute Gasteiger partial charge is 0.282 e. The van der Waals surface area contributed by atoms with Gasteiger partial charge in [0.05, 0.1) is 18.8 Å². The number of amides is 2. The molecule has 0 spiro atoms. The van der Waals surface area contributed by atoms with Crippen LogP contribution < -0.4 is 5.32 Å². The molecule has 37 heavy (non-hydrogen) atoms. The van der Waals surface area contributed by atoms with E-state index >= 15 is 0 Å². The van der Waals surface area contributed by atoms with E-state index in [9.17, 15) is 35.1 Å². The molecule has 1 fully saturated rings. The first-order valence-electron chi connectivity index (χ1n) is 14.1. The van der Waals surface area contributed by atoms with Crippen LogP contribution in [0.25, 0.3) is 0 Å². The van der Waals surface area contributed by atoms with Crippen molar-refractivity contribution in [2.75, 3.05) is 20.7 Å². The van der Waals surface area contributed by atoms with E-state index in [-0.39, 0.29) is 12.3 Å². The highest BCUT2D eigenvalue weighted by Crippen LogP contribution is 2.31. The number of likely N-dealkylation sites (N-methyl/N-ethyl adjacent to an activating group) is 1. The number of hydrogen-bond donors (Lipinski definition) is 6. The summed E-state index contributed by atoms with van der Waals surface area (Å²) in [6, 6.07) is -1.18. The minimum atomic E-state index is -2.44. The van der Waals surface area contributed by atoms with Crippen molar-refractivity contribution in [2.24, 2.45) is 0 Å². The van der Waals surface area contributed by atoms with Gasteiger partial charge in [0.25, 0.3) is 5.91 Å². The minimum Gasteiger partial charge on any atom is -0.394 e. The Balaban J connectivity index is 2.43. The van der Waals surface area contributed by atoms with E-state index < -0.39 is 55.2 Å². The lowest BCUT2D eigenvalue weighted by Gasteiger charge is -2.46. The van der Waals surface area contributed by atoms with E-state index in [0.717, 1.165) is 24.2 Å². The van der Waals surface area contributed by atoms with E-state index in [2.05, 4.69) is 12.2 Å². The second-order valence-electron chi connectivity index (χ2n) is 10.7. The van der Waals surface area contributed by atoms with Crippen LogP contribution >= 0.6 is 0 Å². The average Bonchev–Trinajstić information content (AvgIpc) is 2.86. The molecule has 6 atom stereocenters. The summed E-state index contributed by atoms with van der Waals surface area (Å²) in [5.41, 5.74) is 0. The molecule has 10 heteroatoms. The maximum absolute atomic E-state index is 12.6. The minimum absolute atomic E-state index is 0.216. The third-order valence-corrected chi connectivity index (χ3v) is 7.08. The van der Waals surface area contributed by atoms with Gasteiger partial charge in [-0.1, -0.05) is 84.0 Å². The van der Waals surface area contributed by atoms with Gasteiger partial charge in [-0.25, -0.2) is 0 Å². The molecule has 0 aliphatic carbocycles. The largest absolute Gasteiger partial charge is 0.394 e. The second-order valence-corrected chi connectivity index (χ2v) is 10.7. The predicted octanol–water partition coefficient (Wildman–Crippen LogP) is 1.59. The van der Waals surface area contributed by atoms with Crippen molar-refractivity contribution < 1.29 is 39.9 Å². The van der Waals surface area contributed by atoms with Crippen LogP contribution in [0.5, 0.6) is 0 Å². The highest BCUT2D eigenvalue weighted by Gasteiger charge is 2.54. The summed E-state index contributed by atoms with van der Waals surface area (Å²) >= 11 is 0. The van der Waals surface area contributed by atoms with E-state index in [1.807, 2.05) is 0 Å². The van der Waals surface area contributed by atoms with Crippen molar-refractivity contribution in [1.82, 2.24) is 10.2 Å². The van der Waals surface area contributed by atoms with Crippen molar-refractivity contribution in [3.8, 4) is 0 Å². The molecule has 1 aliphatic heterocycles. The van der Waals surface area contributed by atoms with Gasteiger partial charge in [-0.15, -0.1) is 0 Å². The lowest BCUT2D eigenvalue weighted by atomic mass is 9.88. The molecule has 218 valence electrons. The standard InChI is InChI=1S/C27H52N2O8/c1-4-5-6-7-8-9-10-11-12-13-14-15-16-17-22(33)28-23-20(31)18-27(36,26(35)29(2)3)37-25(23)24(34)21(32)19-30/h20-21,23-25,30-32,34,36H,4-19H2,1-3H3,(H,28,33)/t20-,21+,23+,24+,25+,27?/m0/s1.